The smallest absolute Gasteiger partial charge is 0.441 e. The van der Waals surface area contributed by atoms with Crippen molar-refractivity contribution in [2.75, 3.05) is 12.0 Å². The van der Waals surface area contributed by atoms with Gasteiger partial charge in [0.15, 0.2) is 9.93 Å². The van der Waals surface area contributed by atoms with E-state index in [1.165, 1.54) is 6.26 Å². The summed E-state index contributed by atoms with van der Waals surface area (Å²) < 4.78 is 10.7. The average molecular weight is 137 g/mol. The van der Waals surface area contributed by atoms with Gasteiger partial charge in [0.25, 0.3) is 0 Å². The van der Waals surface area contributed by atoms with Crippen LogP contribution >= 0.6 is 0 Å². The molecule has 0 aliphatic carbocycles. The predicted molar refractivity (Wildman–Crippen MR) is 32.5 cm³/mol. The van der Waals surface area contributed by atoms with Gasteiger partial charge in [-0.05, 0) is 6.92 Å². The highest BCUT2D eigenvalue weighted by atomic mass is 32.2. The molecule has 0 aromatic rings. The molecule has 1 N–H and O–H groups in total. The van der Waals surface area contributed by atoms with Gasteiger partial charge in [0, 0.05) is 0 Å². The van der Waals surface area contributed by atoms with Crippen LogP contribution in [0.25, 0.3) is 0 Å². The lowest BCUT2D eigenvalue weighted by Gasteiger charge is -1.92. The minimum absolute atomic E-state index is 0.211. The van der Waals surface area contributed by atoms with Crippen molar-refractivity contribution in [2.45, 2.75) is 6.92 Å². The molecule has 0 amide bonds. The molecular formula is C4H9O3S+. The van der Waals surface area contributed by atoms with E-state index in [1.54, 1.807) is 6.92 Å². The Bertz CT molecular complexity index is 140. The fraction of sp³-hybridized carbons (Fsp3) is 0.750. The van der Waals surface area contributed by atoms with Crippen LogP contribution in [0, 0.1) is 0 Å². The van der Waals surface area contributed by atoms with Crippen LogP contribution in [0.3, 0.4) is 0 Å². The normalized spacial score (nSPS) is 17.2. The van der Waals surface area contributed by atoms with Crippen molar-refractivity contribution in [3.63, 3.8) is 0 Å². The molecular weight excluding hydrogens is 128 g/mol. The van der Waals surface area contributed by atoms with Gasteiger partial charge >= 0.3 is 5.30 Å². The summed E-state index contributed by atoms with van der Waals surface area (Å²) in [5.74, 6) is 0.211. The van der Waals surface area contributed by atoms with Crippen LogP contribution < -0.4 is 0 Å². The molecule has 0 saturated heterocycles. The van der Waals surface area contributed by atoms with Gasteiger partial charge in [-0.2, -0.15) is 4.79 Å². The average Bonchev–Trinajstić information content (AvgIpc) is 1.67. The van der Waals surface area contributed by atoms with Crippen molar-refractivity contribution < 1.29 is 14.1 Å². The molecule has 3 nitrogen and oxygen atoms in total. The molecule has 0 aliphatic rings. The Kier molecular flexibility index (Phi) is 2.15. The largest absolute Gasteiger partial charge is 0.525 e. The van der Waals surface area contributed by atoms with Crippen LogP contribution in [0.5, 0.6) is 0 Å². The molecule has 0 spiro atoms. The molecule has 0 radical (unpaired) electrons. The maximum absolute atomic E-state index is 10.7. The second-order valence-corrected chi connectivity index (χ2v) is 4.50. The topological polar surface area (TPSA) is 54.4 Å². The van der Waals surface area contributed by atoms with Crippen molar-refractivity contribution in [3.05, 3.63) is 0 Å². The summed E-state index contributed by atoms with van der Waals surface area (Å²) in [4.78, 5) is 9.98. The zero-order chi connectivity index (χ0) is 6.78. The first kappa shape index (κ1) is 7.62. The minimum Gasteiger partial charge on any atom is -0.441 e. The summed E-state index contributed by atoms with van der Waals surface area (Å²) in [6.07, 6.45) is 1.25. The summed E-state index contributed by atoms with van der Waals surface area (Å²) in [6, 6.07) is 0. The molecule has 1 atom stereocenters. The zero-order valence-electron chi connectivity index (χ0n) is 4.88. The molecule has 4 heteroatoms. The van der Waals surface area contributed by atoms with Crippen molar-refractivity contribution in [2.24, 2.45) is 0 Å². The first-order chi connectivity index (χ1) is 3.50. The van der Waals surface area contributed by atoms with E-state index in [1.807, 2.05) is 0 Å². The molecule has 0 saturated carbocycles. The van der Waals surface area contributed by atoms with Gasteiger partial charge in [0.05, 0.1) is 0 Å². The Morgan fingerprint density at radius 3 is 2.12 bits per heavy atom. The van der Waals surface area contributed by atoms with Crippen molar-refractivity contribution >= 4 is 15.2 Å². The van der Waals surface area contributed by atoms with E-state index in [-0.39, 0.29) is 5.75 Å². The predicted octanol–water partition coefficient (Wildman–Crippen LogP) is 0.814. The Hall–Kier alpha value is -0.380. The lowest BCUT2D eigenvalue weighted by molar-refractivity contribution is 0.220. The van der Waals surface area contributed by atoms with Crippen LogP contribution in [0.4, 0.5) is 4.79 Å². The number of rotatable bonds is 1. The number of hydrogen-bond acceptors (Lipinski definition) is 2. The third kappa shape index (κ3) is 1.61. The Balaban J connectivity index is 4.15. The maximum Gasteiger partial charge on any atom is 0.525 e. The van der Waals surface area contributed by atoms with Gasteiger partial charge in [0.2, 0.25) is 0 Å². The van der Waals surface area contributed by atoms with Gasteiger partial charge < -0.3 is 5.11 Å². The van der Waals surface area contributed by atoms with Gasteiger partial charge in [0.1, 0.15) is 12.0 Å². The SMILES string of the molecule is CC[S+](C)(=O)C(=O)O. The van der Waals surface area contributed by atoms with Crippen LogP contribution in [0.2, 0.25) is 0 Å². The second kappa shape index (κ2) is 2.26. The van der Waals surface area contributed by atoms with Crippen molar-refractivity contribution in [1.29, 1.82) is 0 Å². The van der Waals surface area contributed by atoms with E-state index < -0.39 is 15.2 Å². The molecule has 0 aliphatic heterocycles. The lowest BCUT2D eigenvalue weighted by atomic mass is 11.0. The molecule has 0 heterocycles. The fourth-order valence-electron chi connectivity index (χ4n) is 0.123. The second-order valence-electron chi connectivity index (χ2n) is 1.56. The zero-order valence-corrected chi connectivity index (χ0v) is 5.70. The Morgan fingerprint density at radius 1 is 1.75 bits per heavy atom. The van der Waals surface area contributed by atoms with Crippen LogP contribution in [0.15, 0.2) is 0 Å². The molecule has 0 bridgehead atoms. The summed E-state index contributed by atoms with van der Waals surface area (Å²) in [5.41, 5.74) is 0. The van der Waals surface area contributed by atoms with Crippen molar-refractivity contribution in [1.82, 2.24) is 0 Å². The summed E-state index contributed by atoms with van der Waals surface area (Å²) in [6.45, 7) is 1.59. The maximum atomic E-state index is 10.7. The van der Waals surface area contributed by atoms with Crippen LogP contribution in [-0.4, -0.2) is 22.4 Å². The van der Waals surface area contributed by atoms with E-state index in [0.717, 1.165) is 0 Å². The first-order valence-electron chi connectivity index (χ1n) is 2.20. The third-order valence-electron chi connectivity index (χ3n) is 0.920. The summed E-state index contributed by atoms with van der Waals surface area (Å²) in [7, 11) is -2.57. The highest BCUT2D eigenvalue weighted by molar-refractivity contribution is 8.15. The summed E-state index contributed by atoms with van der Waals surface area (Å²) in [5, 5.41) is 6.97. The fourth-order valence-corrected chi connectivity index (χ4v) is 0.370. The van der Waals surface area contributed by atoms with E-state index >= 15 is 0 Å². The third-order valence-corrected chi connectivity index (χ3v) is 2.76. The molecule has 48 valence electrons. The summed E-state index contributed by atoms with van der Waals surface area (Å²) >= 11 is 0. The van der Waals surface area contributed by atoms with Gasteiger partial charge in [-0.15, -0.1) is 0 Å². The van der Waals surface area contributed by atoms with E-state index in [4.69, 9.17) is 5.11 Å². The first-order valence-corrected chi connectivity index (χ1v) is 4.34. The Labute approximate surface area is 49.1 Å². The molecule has 0 aromatic heterocycles. The van der Waals surface area contributed by atoms with Crippen LogP contribution in [0.1, 0.15) is 6.92 Å². The van der Waals surface area contributed by atoms with E-state index in [9.17, 15) is 9.00 Å². The molecule has 0 rings (SSSR count). The molecule has 0 aromatic carbocycles. The van der Waals surface area contributed by atoms with E-state index in [0.29, 0.717) is 0 Å². The van der Waals surface area contributed by atoms with Crippen LogP contribution in [-0.2, 0) is 14.1 Å². The minimum atomic E-state index is -2.57. The lowest BCUT2D eigenvalue weighted by Crippen LogP contribution is -2.20. The monoisotopic (exact) mass is 137 g/mol. The molecule has 8 heavy (non-hydrogen) atoms. The highest BCUT2D eigenvalue weighted by Gasteiger charge is 2.28. The number of hydrogen-bond donors (Lipinski definition) is 1. The van der Waals surface area contributed by atoms with Gasteiger partial charge in [-0.25, -0.2) is 0 Å². The number of carboxylic acid groups (broad SMARTS) is 1. The Morgan fingerprint density at radius 2 is 2.12 bits per heavy atom. The van der Waals surface area contributed by atoms with Gasteiger partial charge in [-0.1, -0.05) is 4.21 Å². The van der Waals surface area contributed by atoms with Gasteiger partial charge in [-0.3, -0.25) is 0 Å². The highest BCUT2D eigenvalue weighted by Crippen LogP contribution is 1.98. The van der Waals surface area contributed by atoms with Crippen molar-refractivity contribution in [3.8, 4) is 0 Å². The quantitative estimate of drug-likeness (QED) is 0.544. The standard InChI is InChI=1S/C4H8O3S/c1-3-8(2,7)4(5)6/h3H2,1-2H3/p+1. The molecule has 0 fully saturated rings. The molecule has 1 unspecified atom stereocenters. The number of carbonyl (C=O) groups is 1. The van der Waals surface area contributed by atoms with E-state index in [2.05, 4.69) is 0 Å².